The molecule has 0 spiro atoms. The number of rotatable bonds is 4. The Morgan fingerprint density at radius 3 is 2.04 bits per heavy atom. The Morgan fingerprint density at radius 1 is 0.768 bits per heavy atom. The number of H-pyrrole nitrogens is 2. The average molecular weight is 768 g/mol. The molecule has 0 atom stereocenters. The van der Waals surface area contributed by atoms with Gasteiger partial charge in [0.05, 0.1) is 27.5 Å². The lowest BCUT2D eigenvalue weighted by Crippen LogP contribution is -2.35. The molecule has 3 aromatic heterocycles. The number of hydrogen-bond donors (Lipinski definition) is 2. The number of aromatic amines is 2. The first-order chi connectivity index (χ1) is 26.3. The van der Waals surface area contributed by atoms with Gasteiger partial charge in [-0.25, -0.2) is 23.5 Å². The van der Waals surface area contributed by atoms with Crippen LogP contribution in [0, 0.1) is 18.6 Å². The molecule has 0 saturated heterocycles. The number of benzene rings is 3. The summed E-state index contributed by atoms with van der Waals surface area (Å²) in [6, 6.07) is 15.6. The number of ether oxygens (including phenoxy) is 1. The number of nitrogens with one attached hydrogen (secondary N) is 2. The van der Waals surface area contributed by atoms with Crippen LogP contribution < -0.4 is 11.1 Å². The summed E-state index contributed by atoms with van der Waals surface area (Å²) >= 11 is 0. The highest BCUT2D eigenvalue weighted by Gasteiger charge is 2.23. The van der Waals surface area contributed by atoms with Crippen molar-refractivity contribution in [1.82, 2.24) is 24.5 Å². The molecule has 2 N–H and O–H groups in total. The van der Waals surface area contributed by atoms with Gasteiger partial charge in [0, 0.05) is 18.1 Å². The van der Waals surface area contributed by atoms with Gasteiger partial charge in [0.2, 0.25) is 5.56 Å². The van der Waals surface area contributed by atoms with Gasteiger partial charge in [-0.15, -0.1) is 0 Å². The zero-order chi connectivity index (χ0) is 41.1. The number of carbonyl (C=O) groups is 1. The molecule has 0 radical (unpaired) electrons. The van der Waals surface area contributed by atoms with E-state index in [-0.39, 0.29) is 39.9 Å². The van der Waals surface area contributed by atoms with Crippen LogP contribution in [0.15, 0.2) is 64.2 Å². The average Bonchev–Trinajstić information content (AvgIpc) is 3.55. The van der Waals surface area contributed by atoms with Crippen molar-refractivity contribution in [3.63, 3.8) is 0 Å². The first kappa shape index (κ1) is 42.0. The zero-order valence-electron chi connectivity index (χ0n) is 34.3. The molecule has 298 valence electrons. The fraction of sp³-hybridized carbons (Fsp3) is 0.444. The molecule has 1 saturated carbocycles. The van der Waals surface area contributed by atoms with Crippen LogP contribution in [0.4, 0.5) is 13.6 Å². The molecule has 6 aromatic rings. The number of aromatic nitrogens is 5. The van der Waals surface area contributed by atoms with E-state index in [0.717, 1.165) is 15.5 Å². The fourth-order valence-corrected chi connectivity index (χ4v) is 6.91. The monoisotopic (exact) mass is 767 g/mol. The molecule has 56 heavy (non-hydrogen) atoms. The van der Waals surface area contributed by atoms with E-state index in [0.29, 0.717) is 28.5 Å². The van der Waals surface area contributed by atoms with E-state index in [1.807, 2.05) is 27.7 Å². The molecular weight excluding hydrogens is 713 g/mol. The van der Waals surface area contributed by atoms with Crippen LogP contribution in [0.1, 0.15) is 146 Å². The number of carbonyl (C=O) groups excluding carboxylic acids is 1. The van der Waals surface area contributed by atoms with E-state index < -0.39 is 23.1 Å². The number of imidazole rings is 1. The Kier molecular flexibility index (Phi) is 13.0. The number of nitrogens with zero attached hydrogens (tertiary/aromatic N) is 3. The molecule has 11 heteroatoms. The molecule has 3 aromatic carbocycles. The largest absolute Gasteiger partial charge is 0.443 e. The minimum Gasteiger partial charge on any atom is -0.443 e. The summed E-state index contributed by atoms with van der Waals surface area (Å²) in [7, 11) is 0. The van der Waals surface area contributed by atoms with Gasteiger partial charge < -0.3 is 14.7 Å². The summed E-state index contributed by atoms with van der Waals surface area (Å²) in [4.78, 5) is 51.1. The summed E-state index contributed by atoms with van der Waals surface area (Å²) in [6.07, 6.45) is 5.93. The summed E-state index contributed by atoms with van der Waals surface area (Å²) in [6.45, 7) is 18.7. The van der Waals surface area contributed by atoms with Crippen LogP contribution in [-0.2, 0) is 4.74 Å². The van der Waals surface area contributed by atoms with Crippen LogP contribution >= 0.6 is 0 Å². The molecule has 0 amide bonds. The van der Waals surface area contributed by atoms with Gasteiger partial charge in [-0.2, -0.15) is 4.57 Å². The van der Waals surface area contributed by atoms with Crippen LogP contribution in [0.2, 0.25) is 0 Å². The van der Waals surface area contributed by atoms with Gasteiger partial charge >= 0.3 is 6.09 Å². The lowest BCUT2D eigenvalue weighted by Gasteiger charge is -2.20. The SMILES string of the molecule is CC(C)c1cc2ccc(=O)[nH]c2cc1F.CC(C)c1ccc2nc(C3CCCCC3)[nH]c2c1.Cc1nc2cc(F)c(C(C)C)cc2c(=O)n1C(=O)OC(C)(C)C. The third-order valence-electron chi connectivity index (χ3n) is 10.00. The van der Waals surface area contributed by atoms with Gasteiger partial charge in [-0.3, -0.25) is 9.59 Å². The fourth-order valence-electron chi connectivity index (χ4n) is 6.91. The first-order valence-corrected chi connectivity index (χ1v) is 19.6. The molecule has 1 aliphatic carbocycles. The predicted molar refractivity (Wildman–Crippen MR) is 221 cm³/mol. The molecule has 9 nitrogen and oxygen atoms in total. The van der Waals surface area contributed by atoms with E-state index in [1.165, 1.54) is 80.2 Å². The highest BCUT2D eigenvalue weighted by molar-refractivity contribution is 5.83. The number of halogens is 2. The second-order valence-electron chi connectivity index (χ2n) is 16.7. The van der Waals surface area contributed by atoms with Gasteiger partial charge in [0.25, 0.3) is 5.56 Å². The third-order valence-corrected chi connectivity index (χ3v) is 10.00. The normalized spacial score (nSPS) is 13.6. The smallest absolute Gasteiger partial charge is 0.422 e. The number of hydrogen-bond acceptors (Lipinski definition) is 6. The van der Waals surface area contributed by atoms with Crippen molar-refractivity contribution in [1.29, 1.82) is 0 Å². The lowest BCUT2D eigenvalue weighted by atomic mass is 9.89. The molecule has 7 rings (SSSR count). The van der Waals surface area contributed by atoms with E-state index in [9.17, 15) is 23.2 Å². The second-order valence-corrected chi connectivity index (χ2v) is 16.7. The van der Waals surface area contributed by atoms with Crippen molar-refractivity contribution in [2.24, 2.45) is 0 Å². The van der Waals surface area contributed by atoms with E-state index in [4.69, 9.17) is 9.72 Å². The zero-order valence-corrected chi connectivity index (χ0v) is 34.3. The van der Waals surface area contributed by atoms with Crippen LogP contribution in [-0.4, -0.2) is 36.2 Å². The maximum atomic E-state index is 14.1. The Balaban J connectivity index is 0.000000164. The highest BCUT2D eigenvalue weighted by atomic mass is 19.1. The van der Waals surface area contributed by atoms with Crippen molar-refractivity contribution >= 4 is 38.9 Å². The minimum atomic E-state index is -0.787. The van der Waals surface area contributed by atoms with Crippen LogP contribution in [0.5, 0.6) is 0 Å². The van der Waals surface area contributed by atoms with Crippen molar-refractivity contribution in [2.75, 3.05) is 0 Å². The maximum Gasteiger partial charge on any atom is 0.422 e. The molecule has 0 unspecified atom stereocenters. The van der Waals surface area contributed by atoms with Crippen molar-refractivity contribution in [2.45, 2.75) is 131 Å². The second kappa shape index (κ2) is 17.3. The summed E-state index contributed by atoms with van der Waals surface area (Å²) in [5, 5.41) is 1.06. The molecule has 0 aliphatic heterocycles. The van der Waals surface area contributed by atoms with Gasteiger partial charge in [-0.05, 0) is 117 Å². The molecular formula is C45H55F2N5O4. The van der Waals surface area contributed by atoms with Gasteiger partial charge in [0.1, 0.15) is 28.9 Å². The molecule has 1 aliphatic rings. The van der Waals surface area contributed by atoms with Crippen LogP contribution in [0.3, 0.4) is 0 Å². The van der Waals surface area contributed by atoms with Gasteiger partial charge in [-0.1, -0.05) is 66.9 Å². The standard InChI is InChI=1S/C17H21FN2O3.C16H22N2.C12H12FNO/c1-9(2)11-7-12-14(8-13(11)18)19-10(3)20(15(12)21)16(22)23-17(4,5)6;1-11(2)13-8-9-14-15(10-13)18-16(17-14)12-6-4-3-5-7-12;1-7(2)9-5-8-3-4-12(15)14-11(8)6-10(9)13/h7-9H,1-6H3;8-12H,3-7H2,1-2H3,(H,17,18);3-7H,1-2H3,(H,14,15). The summed E-state index contributed by atoms with van der Waals surface area (Å²) in [5.41, 5.74) is 4.10. The minimum absolute atomic E-state index is 0.0879. The molecule has 3 heterocycles. The number of fused-ring (bicyclic) bond motifs is 3. The van der Waals surface area contributed by atoms with E-state index >= 15 is 0 Å². The Bertz CT molecular complexity index is 2470. The highest BCUT2D eigenvalue weighted by Crippen LogP contribution is 2.32. The number of aryl methyl sites for hydroxylation is 1. The predicted octanol–water partition coefficient (Wildman–Crippen LogP) is 11.3. The van der Waals surface area contributed by atoms with Gasteiger partial charge in [0.15, 0.2) is 0 Å². The Hall–Kier alpha value is -5.19. The van der Waals surface area contributed by atoms with Crippen molar-refractivity contribution < 1.29 is 18.3 Å². The van der Waals surface area contributed by atoms with Crippen molar-refractivity contribution in [3.8, 4) is 0 Å². The number of pyridine rings is 1. The Morgan fingerprint density at radius 2 is 1.41 bits per heavy atom. The van der Waals surface area contributed by atoms with Crippen LogP contribution in [0.25, 0.3) is 32.8 Å². The maximum absolute atomic E-state index is 14.1. The molecule has 0 bridgehead atoms. The summed E-state index contributed by atoms with van der Waals surface area (Å²) in [5.74, 6) is 1.99. The first-order valence-electron chi connectivity index (χ1n) is 19.6. The summed E-state index contributed by atoms with van der Waals surface area (Å²) < 4.78 is 33.8. The third kappa shape index (κ3) is 9.97. The Labute approximate surface area is 326 Å². The molecule has 1 fully saturated rings. The van der Waals surface area contributed by atoms with E-state index in [1.54, 1.807) is 32.9 Å². The lowest BCUT2D eigenvalue weighted by molar-refractivity contribution is 0.0526. The van der Waals surface area contributed by atoms with E-state index in [2.05, 4.69) is 47.0 Å². The topological polar surface area (TPSA) is 123 Å². The quantitative estimate of drug-likeness (QED) is 0.184. The van der Waals surface area contributed by atoms with Crippen molar-refractivity contribution in [3.05, 3.63) is 115 Å².